The Morgan fingerprint density at radius 3 is 2.58 bits per heavy atom. The van der Waals surface area contributed by atoms with Gasteiger partial charge in [-0.1, -0.05) is 18.2 Å². The highest BCUT2D eigenvalue weighted by atomic mass is 16.2. The lowest BCUT2D eigenvalue weighted by molar-refractivity contribution is -0.118. The molecular weight excluding hydrogens is 330 g/mol. The van der Waals surface area contributed by atoms with Crippen molar-refractivity contribution in [3.05, 3.63) is 47.9 Å². The van der Waals surface area contributed by atoms with Gasteiger partial charge in [0.1, 0.15) is 11.5 Å². The summed E-state index contributed by atoms with van der Waals surface area (Å²) in [6.45, 7) is 4.84. The first-order chi connectivity index (χ1) is 12.7. The van der Waals surface area contributed by atoms with Gasteiger partial charge in [0.25, 0.3) is 5.91 Å². The molecule has 0 spiro atoms. The van der Waals surface area contributed by atoms with Crippen molar-refractivity contribution in [2.24, 2.45) is 0 Å². The third-order valence-electron chi connectivity index (χ3n) is 5.07. The van der Waals surface area contributed by atoms with Crippen molar-refractivity contribution in [2.75, 3.05) is 36.0 Å². The number of hydrogen-bond donors (Lipinski definition) is 0. The molecule has 1 saturated heterocycles. The molecule has 26 heavy (non-hydrogen) atoms. The van der Waals surface area contributed by atoms with Crippen molar-refractivity contribution >= 4 is 23.8 Å². The van der Waals surface area contributed by atoms with Gasteiger partial charge in [0.15, 0.2) is 0 Å². The minimum atomic E-state index is -0.118. The quantitative estimate of drug-likeness (QED) is 0.781. The molecular formula is C19H21N5O2. The molecule has 0 saturated carbocycles. The number of carbonyl (C=O) groups excluding carboxylic acids is 2. The number of hydrogen-bond acceptors (Lipinski definition) is 5. The number of carbonyl (C=O) groups is 2. The van der Waals surface area contributed by atoms with E-state index in [9.17, 15) is 9.59 Å². The van der Waals surface area contributed by atoms with Gasteiger partial charge in [-0.2, -0.15) is 0 Å². The fraction of sp³-hybridized carbons (Fsp3) is 0.368. The second kappa shape index (κ2) is 6.74. The Morgan fingerprint density at radius 2 is 1.88 bits per heavy atom. The molecule has 2 aliphatic rings. The van der Waals surface area contributed by atoms with Gasteiger partial charge in [-0.3, -0.25) is 9.59 Å². The summed E-state index contributed by atoms with van der Waals surface area (Å²) >= 11 is 0. The van der Waals surface area contributed by atoms with E-state index >= 15 is 0 Å². The van der Waals surface area contributed by atoms with E-state index < -0.39 is 0 Å². The zero-order chi connectivity index (χ0) is 18.1. The van der Waals surface area contributed by atoms with Gasteiger partial charge >= 0.3 is 0 Å². The maximum atomic E-state index is 13.0. The summed E-state index contributed by atoms with van der Waals surface area (Å²) in [6, 6.07) is 8.10. The molecule has 0 bridgehead atoms. The lowest BCUT2D eigenvalue weighted by Gasteiger charge is -2.33. The minimum absolute atomic E-state index is 0.109. The van der Waals surface area contributed by atoms with Gasteiger partial charge in [0.2, 0.25) is 6.41 Å². The molecule has 2 aromatic rings. The molecule has 2 amide bonds. The van der Waals surface area contributed by atoms with E-state index in [-0.39, 0.29) is 11.9 Å². The molecule has 3 heterocycles. The van der Waals surface area contributed by atoms with Crippen molar-refractivity contribution in [3.63, 3.8) is 0 Å². The van der Waals surface area contributed by atoms with Crippen LogP contribution in [0.4, 0.5) is 11.5 Å². The van der Waals surface area contributed by atoms with Crippen LogP contribution in [0.25, 0.3) is 0 Å². The van der Waals surface area contributed by atoms with Crippen LogP contribution in [0.1, 0.15) is 23.0 Å². The summed E-state index contributed by atoms with van der Waals surface area (Å²) < 4.78 is 0. The number of para-hydroxylation sites is 1. The van der Waals surface area contributed by atoms with Gasteiger partial charge in [-0.25, -0.2) is 9.97 Å². The zero-order valence-electron chi connectivity index (χ0n) is 14.7. The Hall–Kier alpha value is -2.96. The van der Waals surface area contributed by atoms with Crippen LogP contribution in [-0.4, -0.2) is 59.4 Å². The fourth-order valence-electron chi connectivity index (χ4n) is 3.65. The van der Waals surface area contributed by atoms with Crippen LogP contribution in [0.5, 0.6) is 0 Å². The maximum Gasteiger partial charge on any atom is 0.278 e. The summed E-state index contributed by atoms with van der Waals surface area (Å²) in [5.74, 6) is 0.620. The van der Waals surface area contributed by atoms with Gasteiger partial charge in [0, 0.05) is 37.9 Å². The molecule has 1 fully saturated rings. The molecule has 4 rings (SSSR count). The van der Waals surface area contributed by atoms with Crippen molar-refractivity contribution in [3.8, 4) is 0 Å². The first-order valence-corrected chi connectivity index (χ1v) is 8.85. The Bertz CT molecular complexity index is 815. The first kappa shape index (κ1) is 16.5. The lowest BCUT2D eigenvalue weighted by Crippen LogP contribution is -2.46. The average Bonchev–Trinajstić information content (AvgIpc) is 3.03. The second-order valence-corrected chi connectivity index (χ2v) is 6.75. The van der Waals surface area contributed by atoms with E-state index in [4.69, 9.17) is 0 Å². The molecule has 1 aromatic heterocycles. The molecule has 2 aliphatic heterocycles. The van der Waals surface area contributed by atoms with Gasteiger partial charge in [-0.15, -0.1) is 0 Å². The minimum Gasteiger partial charge on any atom is -0.352 e. The zero-order valence-corrected chi connectivity index (χ0v) is 14.7. The van der Waals surface area contributed by atoms with Gasteiger partial charge in [-0.05, 0) is 25.0 Å². The number of benzene rings is 1. The SMILES string of the molecule is CC1Cc2ccccc2N1C(=O)c1cnc(N2CCN(C=O)CC2)cn1. The van der Waals surface area contributed by atoms with E-state index in [2.05, 4.69) is 20.9 Å². The third-order valence-corrected chi connectivity index (χ3v) is 5.07. The number of piperazine rings is 1. The molecule has 134 valence electrons. The molecule has 0 N–H and O–H groups in total. The average molecular weight is 351 g/mol. The molecule has 1 aromatic carbocycles. The molecule has 1 atom stereocenters. The Labute approximate surface area is 152 Å². The summed E-state index contributed by atoms with van der Waals surface area (Å²) in [6.07, 6.45) is 4.93. The first-order valence-electron chi connectivity index (χ1n) is 8.85. The van der Waals surface area contributed by atoms with Crippen LogP contribution in [0.15, 0.2) is 36.7 Å². The molecule has 7 heteroatoms. The summed E-state index contributed by atoms with van der Waals surface area (Å²) in [5, 5.41) is 0. The van der Waals surface area contributed by atoms with Gasteiger partial charge in [0.05, 0.1) is 12.4 Å². The standard InChI is InChI=1S/C19H21N5O2/c1-14-10-15-4-2-3-5-17(15)24(14)19(26)16-11-21-18(12-20-16)23-8-6-22(13-25)7-9-23/h2-5,11-14H,6-10H2,1H3. The lowest BCUT2D eigenvalue weighted by atomic mass is 10.1. The number of anilines is 2. The third kappa shape index (κ3) is 2.89. The van der Waals surface area contributed by atoms with Crippen LogP contribution >= 0.6 is 0 Å². The number of aromatic nitrogens is 2. The normalized spacial score (nSPS) is 19.4. The van der Waals surface area contributed by atoms with E-state index in [0.717, 1.165) is 37.4 Å². The summed E-state index contributed by atoms with van der Waals surface area (Å²) in [7, 11) is 0. The maximum absolute atomic E-state index is 13.0. The van der Waals surface area contributed by atoms with Crippen LogP contribution < -0.4 is 9.80 Å². The highest BCUT2D eigenvalue weighted by Crippen LogP contribution is 2.32. The number of amides is 2. The Kier molecular flexibility index (Phi) is 4.28. The fourth-order valence-corrected chi connectivity index (χ4v) is 3.65. The van der Waals surface area contributed by atoms with Crippen LogP contribution in [0.3, 0.4) is 0 Å². The Morgan fingerprint density at radius 1 is 1.12 bits per heavy atom. The van der Waals surface area contributed by atoms with Crippen molar-refractivity contribution in [1.29, 1.82) is 0 Å². The van der Waals surface area contributed by atoms with E-state index in [1.165, 1.54) is 5.56 Å². The van der Waals surface area contributed by atoms with E-state index in [1.807, 2.05) is 30.0 Å². The number of nitrogens with zero attached hydrogens (tertiary/aromatic N) is 5. The smallest absolute Gasteiger partial charge is 0.278 e. The molecule has 7 nitrogen and oxygen atoms in total. The van der Waals surface area contributed by atoms with Gasteiger partial charge < -0.3 is 14.7 Å². The number of rotatable bonds is 3. The number of fused-ring (bicyclic) bond motifs is 1. The van der Waals surface area contributed by atoms with Crippen LogP contribution in [0, 0.1) is 0 Å². The second-order valence-electron chi connectivity index (χ2n) is 6.75. The molecule has 1 unspecified atom stereocenters. The predicted molar refractivity (Wildman–Crippen MR) is 98.3 cm³/mol. The topological polar surface area (TPSA) is 69.6 Å². The monoisotopic (exact) mass is 351 g/mol. The molecule has 0 aliphatic carbocycles. The predicted octanol–water partition coefficient (Wildman–Crippen LogP) is 1.35. The van der Waals surface area contributed by atoms with E-state index in [0.29, 0.717) is 18.8 Å². The highest BCUT2D eigenvalue weighted by molar-refractivity contribution is 6.06. The summed E-state index contributed by atoms with van der Waals surface area (Å²) in [4.78, 5) is 38.2. The summed E-state index contributed by atoms with van der Waals surface area (Å²) in [5.41, 5.74) is 2.50. The molecule has 0 radical (unpaired) electrons. The van der Waals surface area contributed by atoms with Crippen LogP contribution in [0.2, 0.25) is 0 Å². The largest absolute Gasteiger partial charge is 0.352 e. The van der Waals surface area contributed by atoms with Crippen molar-refractivity contribution < 1.29 is 9.59 Å². The van der Waals surface area contributed by atoms with E-state index in [1.54, 1.807) is 17.3 Å². The highest BCUT2D eigenvalue weighted by Gasteiger charge is 2.32. The van der Waals surface area contributed by atoms with Crippen LogP contribution in [-0.2, 0) is 11.2 Å². The van der Waals surface area contributed by atoms with Crippen molar-refractivity contribution in [1.82, 2.24) is 14.9 Å². The Balaban J connectivity index is 1.50. The van der Waals surface area contributed by atoms with Crippen molar-refractivity contribution in [2.45, 2.75) is 19.4 Å².